The number of ether oxygens (including phenoxy) is 3. The number of likely N-dealkylation sites (N-methyl/N-ethyl adjacent to an activating group) is 1. The lowest BCUT2D eigenvalue weighted by molar-refractivity contribution is -0.132. The smallest absolute Gasteiger partial charge is 0.241 e. The van der Waals surface area contributed by atoms with Gasteiger partial charge in [-0.25, -0.2) is 5.43 Å². The molecule has 0 saturated carbocycles. The molecule has 4 rings (SSSR count). The molecule has 1 fully saturated rings. The van der Waals surface area contributed by atoms with Gasteiger partial charge in [-0.05, 0) is 18.6 Å². The predicted octanol–water partition coefficient (Wildman–Crippen LogP) is 0.478. The molecule has 0 bridgehead atoms. The molecule has 2 N–H and O–H groups in total. The van der Waals surface area contributed by atoms with E-state index in [1.54, 1.807) is 30.5 Å². The van der Waals surface area contributed by atoms with E-state index in [2.05, 4.69) is 20.8 Å². The lowest BCUT2D eigenvalue weighted by Gasteiger charge is -2.20. The number of benzene rings is 1. The fourth-order valence-electron chi connectivity index (χ4n) is 3.06. The molecule has 1 amide bonds. The van der Waals surface area contributed by atoms with Crippen molar-refractivity contribution in [3.8, 4) is 17.2 Å². The first kappa shape index (κ1) is 17.5. The zero-order valence-electron chi connectivity index (χ0n) is 14.9. The number of nitrogens with one attached hydrogen (secondary N) is 2. The van der Waals surface area contributed by atoms with E-state index in [9.17, 15) is 4.79 Å². The third kappa shape index (κ3) is 4.09. The van der Waals surface area contributed by atoms with Crippen molar-refractivity contribution < 1.29 is 19.0 Å². The third-order valence-electron chi connectivity index (χ3n) is 4.47. The first-order chi connectivity index (χ1) is 13.2. The van der Waals surface area contributed by atoms with Gasteiger partial charge in [0.15, 0.2) is 11.5 Å². The van der Waals surface area contributed by atoms with Crippen LogP contribution in [0.15, 0.2) is 36.8 Å². The molecule has 0 aliphatic carbocycles. The molecule has 1 aromatic carbocycles. The summed E-state index contributed by atoms with van der Waals surface area (Å²) in [5.41, 5.74) is 6.92. The molecule has 2 aliphatic rings. The number of fused-ring (bicyclic) bond motifs is 1. The largest absolute Gasteiger partial charge is 0.492 e. The van der Waals surface area contributed by atoms with Gasteiger partial charge in [0.05, 0.1) is 24.5 Å². The predicted molar refractivity (Wildman–Crippen MR) is 95.0 cm³/mol. The van der Waals surface area contributed by atoms with E-state index in [0.717, 1.165) is 11.4 Å². The molecule has 2 atom stereocenters. The summed E-state index contributed by atoms with van der Waals surface area (Å²) in [7, 11) is 1.76. The Kier molecular flexibility index (Phi) is 5.03. The van der Waals surface area contributed by atoms with Crippen LogP contribution in [-0.4, -0.2) is 53.3 Å². The molecule has 2 unspecified atom stereocenters. The Labute approximate surface area is 156 Å². The number of rotatable bonds is 6. The first-order valence-electron chi connectivity index (χ1n) is 8.72. The summed E-state index contributed by atoms with van der Waals surface area (Å²) in [6.07, 6.45) is 5.52. The van der Waals surface area contributed by atoms with E-state index in [4.69, 9.17) is 14.2 Å². The molecular weight excluding hydrogens is 350 g/mol. The highest BCUT2D eigenvalue weighted by Gasteiger charge is 2.31. The van der Waals surface area contributed by atoms with E-state index in [1.807, 2.05) is 18.2 Å². The minimum absolute atomic E-state index is 0.00117. The molecular formula is C18H21N5O4. The number of aromatic nitrogens is 2. The maximum atomic E-state index is 12.6. The van der Waals surface area contributed by atoms with E-state index >= 15 is 0 Å². The van der Waals surface area contributed by atoms with Gasteiger partial charge in [0.25, 0.3) is 0 Å². The zero-order chi connectivity index (χ0) is 18.6. The topological polar surface area (TPSA) is 97.8 Å². The Morgan fingerprint density at radius 2 is 2.19 bits per heavy atom. The van der Waals surface area contributed by atoms with Crippen LogP contribution >= 0.6 is 0 Å². The summed E-state index contributed by atoms with van der Waals surface area (Å²) in [5.74, 6) is 2.11. The summed E-state index contributed by atoms with van der Waals surface area (Å²) in [4.78, 5) is 22.5. The lowest BCUT2D eigenvalue weighted by Crippen LogP contribution is -2.44. The SMILES string of the molecule is CN(Cc1cnccn1)C(=O)C1CC(COc2ccc3c(c2)OCO3)NN1. The second-order valence-corrected chi connectivity index (χ2v) is 6.49. The summed E-state index contributed by atoms with van der Waals surface area (Å²) in [5, 5.41) is 0. The molecule has 142 valence electrons. The number of carbonyl (C=O) groups excluding carboxylic acids is 1. The molecule has 0 spiro atoms. The minimum Gasteiger partial charge on any atom is -0.492 e. The van der Waals surface area contributed by atoms with Crippen molar-refractivity contribution >= 4 is 5.91 Å². The van der Waals surface area contributed by atoms with Crippen molar-refractivity contribution in [3.63, 3.8) is 0 Å². The van der Waals surface area contributed by atoms with Crippen LogP contribution in [0.4, 0.5) is 0 Å². The van der Waals surface area contributed by atoms with Crippen LogP contribution in [0.1, 0.15) is 12.1 Å². The van der Waals surface area contributed by atoms with E-state index < -0.39 is 0 Å². The monoisotopic (exact) mass is 371 g/mol. The average Bonchev–Trinajstić information content (AvgIpc) is 3.35. The summed E-state index contributed by atoms with van der Waals surface area (Å²) in [6.45, 7) is 1.09. The van der Waals surface area contributed by atoms with Gasteiger partial charge >= 0.3 is 0 Å². The molecule has 0 radical (unpaired) electrons. The number of nitrogens with zero attached hydrogens (tertiary/aromatic N) is 3. The van der Waals surface area contributed by atoms with Gasteiger partial charge in [-0.3, -0.25) is 20.2 Å². The van der Waals surface area contributed by atoms with Crippen LogP contribution in [0.5, 0.6) is 17.2 Å². The molecule has 2 aromatic rings. The minimum atomic E-state index is -0.308. The van der Waals surface area contributed by atoms with Gasteiger partial charge in [-0.15, -0.1) is 0 Å². The first-order valence-corrected chi connectivity index (χ1v) is 8.72. The average molecular weight is 371 g/mol. The van der Waals surface area contributed by atoms with Crippen LogP contribution in [0, 0.1) is 0 Å². The van der Waals surface area contributed by atoms with Crippen LogP contribution < -0.4 is 25.1 Å². The van der Waals surface area contributed by atoms with Crippen LogP contribution in [-0.2, 0) is 11.3 Å². The van der Waals surface area contributed by atoms with E-state index in [-0.39, 0.29) is 24.8 Å². The number of hydrogen-bond acceptors (Lipinski definition) is 8. The van der Waals surface area contributed by atoms with Crippen LogP contribution in [0.2, 0.25) is 0 Å². The van der Waals surface area contributed by atoms with Gasteiger partial charge in [-0.2, -0.15) is 0 Å². The molecule has 1 saturated heterocycles. The summed E-state index contributed by atoms with van der Waals surface area (Å²) >= 11 is 0. The van der Waals surface area contributed by atoms with Crippen LogP contribution in [0.3, 0.4) is 0 Å². The second-order valence-electron chi connectivity index (χ2n) is 6.49. The van der Waals surface area contributed by atoms with Crippen molar-refractivity contribution in [2.24, 2.45) is 0 Å². The van der Waals surface area contributed by atoms with Gasteiger partial charge in [0, 0.05) is 25.5 Å². The van der Waals surface area contributed by atoms with Crippen molar-refractivity contribution in [1.82, 2.24) is 25.7 Å². The fraction of sp³-hybridized carbons (Fsp3) is 0.389. The lowest BCUT2D eigenvalue weighted by atomic mass is 10.1. The number of hydrazine groups is 1. The molecule has 9 nitrogen and oxygen atoms in total. The molecule has 27 heavy (non-hydrogen) atoms. The Bertz CT molecular complexity index is 804. The Balaban J connectivity index is 1.26. The Morgan fingerprint density at radius 3 is 3.04 bits per heavy atom. The van der Waals surface area contributed by atoms with Crippen molar-refractivity contribution in [3.05, 3.63) is 42.5 Å². The molecule has 3 heterocycles. The maximum Gasteiger partial charge on any atom is 0.241 e. The highest BCUT2D eigenvalue weighted by molar-refractivity contribution is 5.81. The second kappa shape index (κ2) is 7.77. The van der Waals surface area contributed by atoms with Crippen molar-refractivity contribution in [2.45, 2.75) is 25.0 Å². The quantitative estimate of drug-likeness (QED) is 0.757. The normalized spacial score (nSPS) is 20.5. The Morgan fingerprint density at radius 1 is 1.30 bits per heavy atom. The third-order valence-corrected chi connectivity index (χ3v) is 4.47. The van der Waals surface area contributed by atoms with Gasteiger partial charge in [0.2, 0.25) is 12.7 Å². The zero-order valence-corrected chi connectivity index (χ0v) is 14.9. The van der Waals surface area contributed by atoms with Gasteiger partial charge in [0.1, 0.15) is 18.4 Å². The van der Waals surface area contributed by atoms with Gasteiger partial charge in [-0.1, -0.05) is 0 Å². The summed E-state index contributed by atoms with van der Waals surface area (Å²) < 4.78 is 16.4. The molecule has 2 aliphatic heterocycles. The van der Waals surface area contributed by atoms with Crippen molar-refractivity contribution in [2.75, 3.05) is 20.4 Å². The number of carbonyl (C=O) groups is 1. The fourth-order valence-corrected chi connectivity index (χ4v) is 3.06. The van der Waals surface area contributed by atoms with Gasteiger partial charge < -0.3 is 19.1 Å². The van der Waals surface area contributed by atoms with Crippen LogP contribution in [0.25, 0.3) is 0 Å². The van der Waals surface area contributed by atoms with E-state index in [0.29, 0.717) is 31.1 Å². The van der Waals surface area contributed by atoms with Crippen molar-refractivity contribution in [1.29, 1.82) is 0 Å². The Hall–Kier alpha value is -2.91. The maximum absolute atomic E-state index is 12.6. The number of hydrogen-bond donors (Lipinski definition) is 2. The summed E-state index contributed by atoms with van der Waals surface area (Å²) in [6, 6.07) is 5.19. The van der Waals surface area contributed by atoms with E-state index in [1.165, 1.54) is 0 Å². The molecule has 1 aromatic heterocycles. The highest BCUT2D eigenvalue weighted by atomic mass is 16.7. The molecule has 9 heteroatoms. The number of amides is 1. The standard InChI is InChI=1S/C18H21N5O4/c1-23(9-13-8-19-4-5-20-13)18(24)15-6-12(21-22-15)10-25-14-2-3-16-17(7-14)27-11-26-16/h2-5,7-8,12,15,21-22H,6,9-11H2,1H3. The highest BCUT2D eigenvalue weighted by Crippen LogP contribution is 2.35.